The highest BCUT2D eigenvalue weighted by Crippen LogP contribution is 2.31. The number of benzene rings is 1. The van der Waals surface area contributed by atoms with Crippen LogP contribution in [0, 0.1) is 5.82 Å². The first kappa shape index (κ1) is 12.7. The van der Waals surface area contributed by atoms with Gasteiger partial charge in [0.1, 0.15) is 17.7 Å². The van der Waals surface area contributed by atoms with Gasteiger partial charge in [-0.3, -0.25) is 0 Å². The van der Waals surface area contributed by atoms with Gasteiger partial charge in [-0.15, -0.1) is 11.6 Å². The van der Waals surface area contributed by atoms with Crippen LogP contribution in [0.3, 0.4) is 0 Å². The van der Waals surface area contributed by atoms with Crippen molar-refractivity contribution in [3.05, 3.63) is 29.6 Å². The normalized spacial score (nSPS) is 19.8. The molecular formula is C13H16ClFO2. The SMILES string of the molecule is COCC(Cl)CCC1Cc2cc(F)ccc2O1. The molecule has 1 aliphatic heterocycles. The lowest BCUT2D eigenvalue weighted by atomic mass is 10.1. The Morgan fingerprint density at radius 2 is 2.41 bits per heavy atom. The summed E-state index contributed by atoms with van der Waals surface area (Å²) in [4.78, 5) is 0. The molecule has 94 valence electrons. The van der Waals surface area contributed by atoms with Crippen LogP contribution in [0.15, 0.2) is 18.2 Å². The molecule has 2 rings (SSSR count). The zero-order chi connectivity index (χ0) is 12.3. The van der Waals surface area contributed by atoms with Crippen LogP contribution >= 0.6 is 11.6 Å². The van der Waals surface area contributed by atoms with Crippen LogP contribution < -0.4 is 4.74 Å². The highest BCUT2D eigenvalue weighted by Gasteiger charge is 2.23. The smallest absolute Gasteiger partial charge is 0.123 e. The van der Waals surface area contributed by atoms with Crippen molar-refractivity contribution >= 4 is 11.6 Å². The van der Waals surface area contributed by atoms with Crippen LogP contribution in [0.5, 0.6) is 5.75 Å². The number of hydrogen-bond donors (Lipinski definition) is 0. The Morgan fingerprint density at radius 3 is 3.18 bits per heavy atom. The van der Waals surface area contributed by atoms with Crippen LogP contribution in [0.4, 0.5) is 4.39 Å². The van der Waals surface area contributed by atoms with Crippen molar-refractivity contribution in [2.45, 2.75) is 30.7 Å². The quantitative estimate of drug-likeness (QED) is 0.756. The van der Waals surface area contributed by atoms with E-state index in [0.29, 0.717) is 6.61 Å². The van der Waals surface area contributed by atoms with Crippen molar-refractivity contribution in [1.29, 1.82) is 0 Å². The molecule has 0 aromatic heterocycles. The van der Waals surface area contributed by atoms with Crippen LogP contribution in [0.25, 0.3) is 0 Å². The predicted molar refractivity (Wildman–Crippen MR) is 65.3 cm³/mol. The first-order valence-electron chi connectivity index (χ1n) is 5.77. The molecule has 0 aliphatic carbocycles. The Morgan fingerprint density at radius 1 is 1.59 bits per heavy atom. The van der Waals surface area contributed by atoms with Gasteiger partial charge in [0.2, 0.25) is 0 Å². The van der Waals surface area contributed by atoms with Gasteiger partial charge in [-0.1, -0.05) is 0 Å². The monoisotopic (exact) mass is 258 g/mol. The molecule has 0 spiro atoms. The summed E-state index contributed by atoms with van der Waals surface area (Å²) in [6, 6.07) is 4.66. The van der Waals surface area contributed by atoms with Gasteiger partial charge < -0.3 is 9.47 Å². The Labute approximate surface area is 106 Å². The largest absolute Gasteiger partial charge is 0.490 e. The Balaban J connectivity index is 1.84. The van der Waals surface area contributed by atoms with E-state index in [1.54, 1.807) is 19.2 Å². The van der Waals surface area contributed by atoms with Crippen molar-refractivity contribution in [1.82, 2.24) is 0 Å². The van der Waals surface area contributed by atoms with Gasteiger partial charge in [0.15, 0.2) is 0 Å². The zero-order valence-corrected chi connectivity index (χ0v) is 10.5. The van der Waals surface area contributed by atoms with E-state index >= 15 is 0 Å². The van der Waals surface area contributed by atoms with E-state index in [0.717, 1.165) is 30.6 Å². The second-order valence-corrected chi connectivity index (χ2v) is 4.94. The van der Waals surface area contributed by atoms with Crippen molar-refractivity contribution in [3.63, 3.8) is 0 Å². The summed E-state index contributed by atoms with van der Waals surface area (Å²) in [6.45, 7) is 0.551. The maximum atomic E-state index is 13.0. The minimum Gasteiger partial charge on any atom is -0.490 e. The molecule has 0 saturated heterocycles. The van der Waals surface area contributed by atoms with E-state index < -0.39 is 0 Å². The average Bonchev–Trinajstić information content (AvgIpc) is 2.68. The molecule has 1 aliphatic rings. The van der Waals surface area contributed by atoms with Gasteiger partial charge in [-0.2, -0.15) is 0 Å². The highest BCUT2D eigenvalue weighted by molar-refractivity contribution is 6.20. The van der Waals surface area contributed by atoms with E-state index in [-0.39, 0.29) is 17.3 Å². The van der Waals surface area contributed by atoms with E-state index in [1.807, 2.05) is 0 Å². The number of methoxy groups -OCH3 is 1. The minimum absolute atomic E-state index is 0.0176. The summed E-state index contributed by atoms with van der Waals surface area (Å²) < 4.78 is 23.7. The Bertz CT molecular complexity index is 384. The molecule has 0 radical (unpaired) electrons. The number of hydrogen-bond acceptors (Lipinski definition) is 2. The van der Waals surface area contributed by atoms with Crippen LogP contribution in [0.1, 0.15) is 18.4 Å². The molecule has 2 atom stereocenters. The predicted octanol–water partition coefficient (Wildman–Crippen LogP) is 3.16. The highest BCUT2D eigenvalue weighted by atomic mass is 35.5. The molecule has 0 amide bonds. The van der Waals surface area contributed by atoms with Crippen molar-refractivity contribution in [2.24, 2.45) is 0 Å². The topological polar surface area (TPSA) is 18.5 Å². The molecule has 1 aromatic carbocycles. The molecule has 0 bridgehead atoms. The van der Waals surface area contributed by atoms with Crippen molar-refractivity contribution < 1.29 is 13.9 Å². The second-order valence-electron chi connectivity index (χ2n) is 4.33. The van der Waals surface area contributed by atoms with Gasteiger partial charge in [0.25, 0.3) is 0 Å². The molecule has 1 aromatic rings. The van der Waals surface area contributed by atoms with E-state index in [9.17, 15) is 4.39 Å². The van der Waals surface area contributed by atoms with Gasteiger partial charge in [0.05, 0.1) is 12.0 Å². The fraction of sp³-hybridized carbons (Fsp3) is 0.538. The van der Waals surface area contributed by atoms with E-state index in [4.69, 9.17) is 21.1 Å². The fourth-order valence-corrected chi connectivity index (χ4v) is 2.33. The molecule has 0 saturated carbocycles. The number of alkyl halides is 1. The molecule has 2 nitrogen and oxygen atoms in total. The number of ether oxygens (including phenoxy) is 2. The Kier molecular flexibility index (Phi) is 4.24. The van der Waals surface area contributed by atoms with Gasteiger partial charge in [-0.25, -0.2) is 4.39 Å². The van der Waals surface area contributed by atoms with Gasteiger partial charge >= 0.3 is 0 Å². The molecular weight excluding hydrogens is 243 g/mol. The van der Waals surface area contributed by atoms with Crippen molar-refractivity contribution in [2.75, 3.05) is 13.7 Å². The Hall–Kier alpha value is -0.800. The first-order chi connectivity index (χ1) is 8.19. The number of rotatable bonds is 5. The molecule has 4 heteroatoms. The summed E-state index contributed by atoms with van der Waals surface area (Å²) in [5.41, 5.74) is 0.952. The number of fused-ring (bicyclic) bond motifs is 1. The third kappa shape index (κ3) is 3.33. The van der Waals surface area contributed by atoms with Gasteiger partial charge in [-0.05, 0) is 31.0 Å². The standard InChI is InChI=1S/C13H16ClFO2/c1-16-8-10(14)2-4-12-7-9-6-11(15)3-5-13(9)17-12/h3,5-6,10,12H,2,4,7-8H2,1H3. The lowest BCUT2D eigenvalue weighted by Gasteiger charge is -2.13. The summed E-state index contributed by atoms with van der Waals surface area (Å²) in [6.07, 6.45) is 2.60. The molecule has 1 heterocycles. The van der Waals surface area contributed by atoms with E-state index in [1.165, 1.54) is 6.07 Å². The first-order valence-corrected chi connectivity index (χ1v) is 6.20. The second kappa shape index (κ2) is 5.69. The van der Waals surface area contributed by atoms with Gasteiger partial charge in [0, 0.05) is 19.1 Å². The lowest BCUT2D eigenvalue weighted by molar-refractivity contribution is 0.180. The summed E-state index contributed by atoms with van der Waals surface area (Å²) in [7, 11) is 1.64. The summed E-state index contributed by atoms with van der Waals surface area (Å²) >= 11 is 6.06. The van der Waals surface area contributed by atoms with E-state index in [2.05, 4.69) is 0 Å². The molecule has 0 fully saturated rings. The third-order valence-electron chi connectivity index (χ3n) is 2.91. The lowest BCUT2D eigenvalue weighted by Crippen LogP contribution is -2.17. The molecule has 2 unspecified atom stereocenters. The third-order valence-corrected chi connectivity index (χ3v) is 3.26. The minimum atomic E-state index is -0.206. The fourth-order valence-electron chi connectivity index (χ4n) is 2.08. The number of halogens is 2. The molecule has 17 heavy (non-hydrogen) atoms. The summed E-state index contributed by atoms with van der Waals surface area (Å²) in [5, 5.41) is 0.0176. The van der Waals surface area contributed by atoms with Crippen LogP contribution in [0.2, 0.25) is 0 Å². The maximum absolute atomic E-state index is 13.0. The van der Waals surface area contributed by atoms with Crippen molar-refractivity contribution in [3.8, 4) is 5.75 Å². The molecule has 0 N–H and O–H groups in total. The average molecular weight is 259 g/mol. The van der Waals surface area contributed by atoms with Crippen LogP contribution in [-0.2, 0) is 11.2 Å². The maximum Gasteiger partial charge on any atom is 0.123 e. The summed E-state index contributed by atoms with van der Waals surface area (Å²) in [5.74, 6) is 0.594. The zero-order valence-electron chi connectivity index (χ0n) is 9.79. The van der Waals surface area contributed by atoms with Crippen LogP contribution in [-0.4, -0.2) is 25.2 Å².